The molecule has 3 rings (SSSR count). The molecule has 1 aromatic carbocycles. The van der Waals surface area contributed by atoms with Crippen LogP contribution in [0.4, 0.5) is 5.69 Å². The number of hydrogen-bond acceptors (Lipinski definition) is 5. The van der Waals surface area contributed by atoms with Gasteiger partial charge in [0.05, 0.1) is 29.1 Å². The van der Waals surface area contributed by atoms with Crippen LogP contribution in [0.25, 0.3) is 0 Å². The van der Waals surface area contributed by atoms with Crippen LogP contribution in [-0.4, -0.2) is 30.4 Å². The Labute approximate surface area is 161 Å². The number of carbonyl (C=O) groups is 3. The summed E-state index contributed by atoms with van der Waals surface area (Å²) in [7, 11) is 0. The Hall–Kier alpha value is -2.80. The number of ether oxygens (including phenoxy) is 1. The molecule has 1 aromatic heterocycles. The van der Waals surface area contributed by atoms with Crippen molar-refractivity contribution in [2.45, 2.75) is 32.4 Å². The van der Waals surface area contributed by atoms with E-state index in [2.05, 4.69) is 5.32 Å². The summed E-state index contributed by atoms with van der Waals surface area (Å²) < 4.78 is 10.4. The zero-order chi connectivity index (χ0) is 19.4. The van der Waals surface area contributed by atoms with Crippen molar-refractivity contribution >= 4 is 35.1 Å². The molecule has 0 radical (unpaired) electrons. The Bertz CT molecular complexity index is 850. The number of furan rings is 1. The van der Waals surface area contributed by atoms with E-state index in [1.807, 2.05) is 0 Å². The third-order valence-corrected chi connectivity index (χ3v) is 4.54. The minimum absolute atomic E-state index is 0.0342. The maximum absolute atomic E-state index is 12.4. The lowest BCUT2D eigenvalue weighted by Crippen LogP contribution is -2.35. The standard InChI is InChI=1S/C19H19ClN2O5/c1-12(18(24)21-11-14-4-3-9-26-14)27-19(25)13-6-7-15(20)16(10-13)22-8-2-5-17(22)23/h3-4,6-7,9-10,12H,2,5,8,11H2,1H3,(H,21,24). The lowest BCUT2D eigenvalue weighted by Gasteiger charge is -2.18. The van der Waals surface area contributed by atoms with Gasteiger partial charge < -0.3 is 19.4 Å². The van der Waals surface area contributed by atoms with Crippen LogP contribution in [-0.2, 0) is 20.9 Å². The SMILES string of the molecule is CC(OC(=O)c1ccc(Cl)c(N2CCCC2=O)c1)C(=O)NCc1ccco1. The fourth-order valence-electron chi connectivity index (χ4n) is 2.76. The van der Waals surface area contributed by atoms with Crippen LogP contribution in [0.3, 0.4) is 0 Å². The van der Waals surface area contributed by atoms with Crippen LogP contribution in [0.15, 0.2) is 41.0 Å². The zero-order valence-corrected chi connectivity index (χ0v) is 15.5. The van der Waals surface area contributed by atoms with E-state index in [1.54, 1.807) is 23.1 Å². The number of nitrogens with one attached hydrogen (secondary N) is 1. The van der Waals surface area contributed by atoms with Gasteiger partial charge in [-0.3, -0.25) is 9.59 Å². The molecule has 1 atom stereocenters. The summed E-state index contributed by atoms with van der Waals surface area (Å²) in [6.07, 6.45) is 1.72. The topological polar surface area (TPSA) is 88.8 Å². The van der Waals surface area contributed by atoms with Gasteiger partial charge in [0.15, 0.2) is 6.10 Å². The number of nitrogens with zero attached hydrogens (tertiary/aromatic N) is 1. The van der Waals surface area contributed by atoms with Gasteiger partial charge in [0.1, 0.15) is 5.76 Å². The van der Waals surface area contributed by atoms with Gasteiger partial charge in [0.2, 0.25) is 5.91 Å². The van der Waals surface area contributed by atoms with Gasteiger partial charge in [-0.1, -0.05) is 11.6 Å². The maximum Gasteiger partial charge on any atom is 0.338 e. The van der Waals surface area contributed by atoms with E-state index in [-0.39, 0.29) is 18.0 Å². The molecule has 0 aliphatic carbocycles. The molecule has 2 aromatic rings. The van der Waals surface area contributed by atoms with E-state index in [0.29, 0.717) is 29.4 Å². The average Bonchev–Trinajstić information content (AvgIpc) is 3.31. The highest BCUT2D eigenvalue weighted by Crippen LogP contribution is 2.30. The number of carbonyl (C=O) groups excluding carboxylic acids is 3. The summed E-state index contributed by atoms with van der Waals surface area (Å²) in [6.45, 7) is 2.24. The van der Waals surface area contributed by atoms with E-state index >= 15 is 0 Å². The van der Waals surface area contributed by atoms with Crippen LogP contribution in [0.2, 0.25) is 5.02 Å². The fraction of sp³-hybridized carbons (Fsp3) is 0.316. The Morgan fingerprint density at radius 3 is 2.85 bits per heavy atom. The first-order chi connectivity index (χ1) is 13.0. The van der Waals surface area contributed by atoms with Gasteiger partial charge in [-0.15, -0.1) is 0 Å². The molecular formula is C19H19ClN2O5. The molecule has 1 fully saturated rings. The molecule has 8 heteroatoms. The van der Waals surface area contributed by atoms with Crippen molar-refractivity contribution in [2.24, 2.45) is 0 Å². The molecule has 1 unspecified atom stereocenters. The quantitative estimate of drug-likeness (QED) is 0.766. The van der Waals surface area contributed by atoms with Gasteiger partial charge in [0, 0.05) is 13.0 Å². The number of amides is 2. The Balaban J connectivity index is 1.63. The maximum atomic E-state index is 12.4. The summed E-state index contributed by atoms with van der Waals surface area (Å²) in [4.78, 5) is 37.9. The van der Waals surface area contributed by atoms with Crippen molar-refractivity contribution in [3.8, 4) is 0 Å². The van der Waals surface area contributed by atoms with Crippen molar-refractivity contribution in [1.29, 1.82) is 0 Å². The number of esters is 1. The predicted molar refractivity (Wildman–Crippen MR) is 98.5 cm³/mol. The van der Waals surface area contributed by atoms with Crippen molar-refractivity contribution in [3.63, 3.8) is 0 Å². The zero-order valence-electron chi connectivity index (χ0n) is 14.7. The molecule has 1 N–H and O–H groups in total. The Kier molecular flexibility index (Phi) is 5.81. The van der Waals surface area contributed by atoms with Crippen molar-refractivity contribution in [1.82, 2.24) is 5.32 Å². The van der Waals surface area contributed by atoms with Gasteiger partial charge in [-0.2, -0.15) is 0 Å². The molecule has 0 spiro atoms. The highest BCUT2D eigenvalue weighted by Gasteiger charge is 2.25. The second-order valence-corrected chi connectivity index (χ2v) is 6.57. The van der Waals surface area contributed by atoms with Crippen molar-refractivity contribution in [3.05, 3.63) is 52.9 Å². The van der Waals surface area contributed by atoms with Crippen LogP contribution < -0.4 is 10.2 Å². The van der Waals surface area contributed by atoms with Crippen molar-refractivity contribution in [2.75, 3.05) is 11.4 Å². The normalized spacial score (nSPS) is 14.9. The molecule has 2 amide bonds. The summed E-state index contributed by atoms with van der Waals surface area (Å²) in [6, 6.07) is 8.00. The largest absolute Gasteiger partial charge is 0.467 e. The van der Waals surface area contributed by atoms with E-state index in [1.165, 1.54) is 25.3 Å². The smallest absolute Gasteiger partial charge is 0.338 e. The highest BCUT2D eigenvalue weighted by molar-refractivity contribution is 6.34. The number of rotatable bonds is 6. The van der Waals surface area contributed by atoms with Crippen LogP contribution in [0, 0.1) is 0 Å². The lowest BCUT2D eigenvalue weighted by atomic mass is 10.2. The summed E-state index contributed by atoms with van der Waals surface area (Å²) in [5.41, 5.74) is 0.698. The van der Waals surface area contributed by atoms with Gasteiger partial charge in [0.25, 0.3) is 5.91 Å². The van der Waals surface area contributed by atoms with Crippen LogP contribution >= 0.6 is 11.6 Å². The molecule has 2 heterocycles. The Morgan fingerprint density at radius 1 is 1.37 bits per heavy atom. The molecule has 0 saturated carbocycles. The molecule has 7 nitrogen and oxygen atoms in total. The molecular weight excluding hydrogens is 372 g/mol. The molecule has 1 aliphatic heterocycles. The van der Waals surface area contributed by atoms with Gasteiger partial charge in [-0.25, -0.2) is 4.79 Å². The molecule has 0 bridgehead atoms. The van der Waals surface area contributed by atoms with E-state index in [9.17, 15) is 14.4 Å². The first-order valence-electron chi connectivity index (χ1n) is 8.56. The fourth-order valence-corrected chi connectivity index (χ4v) is 2.98. The Morgan fingerprint density at radius 2 is 2.19 bits per heavy atom. The lowest BCUT2D eigenvalue weighted by molar-refractivity contribution is -0.129. The summed E-state index contributed by atoms with van der Waals surface area (Å²) in [5, 5.41) is 3.01. The minimum atomic E-state index is -0.986. The monoisotopic (exact) mass is 390 g/mol. The minimum Gasteiger partial charge on any atom is -0.467 e. The number of anilines is 1. The van der Waals surface area contributed by atoms with Gasteiger partial charge >= 0.3 is 5.97 Å². The molecule has 1 saturated heterocycles. The molecule has 1 aliphatic rings. The van der Waals surface area contributed by atoms with Crippen LogP contribution in [0.5, 0.6) is 0 Å². The summed E-state index contributed by atoms with van der Waals surface area (Å²) >= 11 is 6.17. The van der Waals surface area contributed by atoms with Crippen LogP contribution in [0.1, 0.15) is 35.9 Å². The highest BCUT2D eigenvalue weighted by atomic mass is 35.5. The number of halogens is 1. The van der Waals surface area contributed by atoms with Gasteiger partial charge in [-0.05, 0) is 43.7 Å². The van der Waals surface area contributed by atoms with E-state index in [0.717, 1.165) is 6.42 Å². The third-order valence-electron chi connectivity index (χ3n) is 4.22. The molecule has 27 heavy (non-hydrogen) atoms. The predicted octanol–water partition coefficient (Wildman–Crippen LogP) is 2.92. The van der Waals surface area contributed by atoms with E-state index < -0.39 is 18.0 Å². The van der Waals surface area contributed by atoms with Crippen molar-refractivity contribution < 1.29 is 23.5 Å². The number of hydrogen-bond donors (Lipinski definition) is 1. The second-order valence-electron chi connectivity index (χ2n) is 6.16. The first kappa shape index (κ1) is 19.0. The van der Waals surface area contributed by atoms with E-state index in [4.69, 9.17) is 20.8 Å². The third kappa shape index (κ3) is 4.49. The average molecular weight is 391 g/mol. The molecule has 142 valence electrons. The summed E-state index contributed by atoms with van der Waals surface area (Å²) in [5.74, 6) is -0.545. The number of benzene rings is 1. The first-order valence-corrected chi connectivity index (χ1v) is 8.94. The second kappa shape index (κ2) is 8.26.